The van der Waals surface area contributed by atoms with Crippen molar-refractivity contribution in [1.82, 2.24) is 5.32 Å². The van der Waals surface area contributed by atoms with Crippen LogP contribution in [0.4, 0.5) is 5.69 Å². The fourth-order valence-electron chi connectivity index (χ4n) is 4.10. The minimum absolute atomic E-state index is 0.195. The third kappa shape index (κ3) is 5.27. The lowest BCUT2D eigenvalue weighted by Gasteiger charge is -2.25. The molecule has 5 rings (SSSR count). The van der Waals surface area contributed by atoms with Crippen molar-refractivity contribution in [3.05, 3.63) is 92.6 Å². The summed E-state index contributed by atoms with van der Waals surface area (Å²) in [5, 5.41) is 17.0. The maximum absolute atomic E-state index is 11.3. The third-order valence-corrected chi connectivity index (χ3v) is 6.86. The largest absolute Gasteiger partial charge is 0.478 e. The van der Waals surface area contributed by atoms with Crippen LogP contribution in [0.25, 0.3) is 0 Å². The number of nitrogens with one attached hydrogen (secondary N) is 2. The number of halogens is 2. The van der Waals surface area contributed by atoms with Gasteiger partial charge in [-0.25, -0.2) is 4.79 Å². The molecule has 1 saturated carbocycles. The standard InChI is InChI=1S/C26H25Cl2N3O4/c27-17-2-1-3-18(28)25(17)31-20(24(29)15-5-6-15)13-34-23-11-10-21-19(30-23)9-8-14-4-7-16(26(32)33)12-22(14)35-21/h1-4,7,10-12,15,23,30-31H,5-6,8-9,13,29H2,(H,32,33)/b24-20-. The molecule has 0 spiro atoms. The van der Waals surface area contributed by atoms with E-state index in [-0.39, 0.29) is 12.2 Å². The highest BCUT2D eigenvalue weighted by Crippen LogP contribution is 2.37. The molecular weight excluding hydrogens is 489 g/mol. The normalized spacial score (nSPS) is 19.5. The number of carbonyl (C=O) groups is 1. The first-order valence-corrected chi connectivity index (χ1v) is 12.2. The first kappa shape index (κ1) is 23.6. The van der Waals surface area contributed by atoms with Crippen LogP contribution in [-0.2, 0) is 11.2 Å². The van der Waals surface area contributed by atoms with Crippen LogP contribution >= 0.6 is 23.2 Å². The van der Waals surface area contributed by atoms with Gasteiger partial charge in [0.1, 0.15) is 17.7 Å². The number of hydrogen-bond acceptors (Lipinski definition) is 6. The molecule has 0 bridgehead atoms. The van der Waals surface area contributed by atoms with Crippen molar-refractivity contribution in [3.63, 3.8) is 0 Å². The first-order chi connectivity index (χ1) is 16.9. The van der Waals surface area contributed by atoms with Crippen LogP contribution in [0.15, 0.2) is 71.4 Å². The molecule has 3 aliphatic rings. The number of aromatic carboxylic acids is 1. The van der Waals surface area contributed by atoms with Crippen molar-refractivity contribution in [2.24, 2.45) is 11.7 Å². The van der Waals surface area contributed by atoms with Crippen LogP contribution in [0.5, 0.6) is 5.75 Å². The van der Waals surface area contributed by atoms with E-state index in [9.17, 15) is 9.90 Å². The van der Waals surface area contributed by atoms with Crippen LogP contribution in [0.3, 0.4) is 0 Å². The number of ether oxygens (including phenoxy) is 2. The molecule has 2 heterocycles. The van der Waals surface area contributed by atoms with Gasteiger partial charge >= 0.3 is 5.97 Å². The number of rotatable bonds is 7. The SMILES string of the molecule is N/C(=C(/COC1C=CC2=C(CCc3ccc(C(=O)O)cc3O2)N1)Nc1c(Cl)cccc1Cl)C1CC1. The number of dihydropyridines is 1. The zero-order valence-electron chi connectivity index (χ0n) is 18.8. The summed E-state index contributed by atoms with van der Waals surface area (Å²) >= 11 is 12.7. The van der Waals surface area contributed by atoms with Crippen LogP contribution in [0.1, 0.15) is 35.2 Å². The number of fused-ring (bicyclic) bond motifs is 1. The maximum atomic E-state index is 11.3. The molecule has 2 aromatic carbocycles. The highest BCUT2D eigenvalue weighted by Gasteiger charge is 2.28. The molecule has 35 heavy (non-hydrogen) atoms. The molecule has 5 N–H and O–H groups in total. The lowest BCUT2D eigenvalue weighted by atomic mass is 10.0. The number of nitrogens with two attached hydrogens (primary N) is 1. The summed E-state index contributed by atoms with van der Waals surface area (Å²) < 4.78 is 12.2. The van der Waals surface area contributed by atoms with E-state index >= 15 is 0 Å². The van der Waals surface area contributed by atoms with E-state index in [0.29, 0.717) is 46.0 Å². The lowest BCUT2D eigenvalue weighted by Crippen LogP contribution is -2.34. The summed E-state index contributed by atoms with van der Waals surface area (Å²) in [6.45, 7) is 0.234. The van der Waals surface area contributed by atoms with Crippen molar-refractivity contribution < 1.29 is 19.4 Å². The van der Waals surface area contributed by atoms with Gasteiger partial charge in [0.2, 0.25) is 0 Å². The monoisotopic (exact) mass is 513 g/mol. The molecule has 1 atom stereocenters. The van der Waals surface area contributed by atoms with Gasteiger partial charge in [-0.1, -0.05) is 35.3 Å². The Kier molecular flexibility index (Phi) is 6.65. The smallest absolute Gasteiger partial charge is 0.335 e. The molecule has 0 aromatic heterocycles. The maximum Gasteiger partial charge on any atom is 0.335 e. The van der Waals surface area contributed by atoms with Gasteiger partial charge in [-0.2, -0.15) is 0 Å². The molecule has 9 heteroatoms. The van der Waals surface area contributed by atoms with E-state index in [1.54, 1.807) is 36.4 Å². The predicted molar refractivity (Wildman–Crippen MR) is 135 cm³/mol. The minimum Gasteiger partial charge on any atom is -0.478 e. The van der Waals surface area contributed by atoms with E-state index in [0.717, 1.165) is 35.5 Å². The van der Waals surface area contributed by atoms with E-state index in [1.165, 1.54) is 0 Å². The second-order valence-corrected chi connectivity index (χ2v) is 9.55. The summed E-state index contributed by atoms with van der Waals surface area (Å²) in [6.07, 6.45) is 6.84. The van der Waals surface area contributed by atoms with Gasteiger partial charge in [0.05, 0.1) is 39.3 Å². The number of allylic oxidation sites excluding steroid dienone is 3. The molecule has 7 nitrogen and oxygen atoms in total. The Morgan fingerprint density at radius 3 is 2.69 bits per heavy atom. The molecule has 2 aliphatic heterocycles. The molecule has 2 aromatic rings. The summed E-state index contributed by atoms with van der Waals surface area (Å²) in [4.78, 5) is 11.3. The highest BCUT2D eigenvalue weighted by molar-refractivity contribution is 6.39. The third-order valence-electron chi connectivity index (χ3n) is 6.23. The predicted octanol–water partition coefficient (Wildman–Crippen LogP) is 5.42. The second-order valence-electron chi connectivity index (χ2n) is 8.74. The number of carboxylic acid groups (broad SMARTS) is 1. The zero-order valence-corrected chi connectivity index (χ0v) is 20.3. The van der Waals surface area contributed by atoms with Gasteiger partial charge in [-0.15, -0.1) is 0 Å². The van der Waals surface area contributed by atoms with Gasteiger partial charge in [-0.05, 0) is 67.7 Å². The molecule has 182 valence electrons. The number of benzene rings is 2. The lowest BCUT2D eigenvalue weighted by molar-refractivity contribution is 0.0696. The van der Waals surface area contributed by atoms with Crippen molar-refractivity contribution in [2.75, 3.05) is 11.9 Å². The second kappa shape index (κ2) is 9.85. The van der Waals surface area contributed by atoms with Crippen molar-refractivity contribution in [3.8, 4) is 5.75 Å². The van der Waals surface area contributed by atoms with Gasteiger partial charge in [0.25, 0.3) is 0 Å². The Balaban J connectivity index is 1.28. The summed E-state index contributed by atoms with van der Waals surface area (Å²) in [6, 6.07) is 10.3. The van der Waals surface area contributed by atoms with Gasteiger partial charge in [0.15, 0.2) is 0 Å². The number of aryl methyl sites for hydroxylation is 1. The zero-order chi connectivity index (χ0) is 24.5. The number of anilines is 1. The van der Waals surface area contributed by atoms with Crippen LogP contribution in [0, 0.1) is 5.92 Å². The Labute approximate surface area is 213 Å². The van der Waals surface area contributed by atoms with E-state index in [1.807, 2.05) is 12.2 Å². The highest BCUT2D eigenvalue weighted by atomic mass is 35.5. The molecule has 0 amide bonds. The number of carboxylic acids is 1. The number of para-hydroxylation sites is 1. The van der Waals surface area contributed by atoms with Crippen molar-refractivity contribution >= 4 is 34.9 Å². The van der Waals surface area contributed by atoms with E-state index in [4.69, 9.17) is 38.4 Å². The Hall–Kier alpha value is -3.13. The van der Waals surface area contributed by atoms with E-state index < -0.39 is 12.2 Å². The van der Waals surface area contributed by atoms with Crippen LogP contribution in [0.2, 0.25) is 10.0 Å². The summed E-state index contributed by atoms with van der Waals surface area (Å²) in [5.74, 6) is 0.557. The van der Waals surface area contributed by atoms with Crippen molar-refractivity contribution in [2.45, 2.75) is 31.9 Å². The Morgan fingerprint density at radius 2 is 1.97 bits per heavy atom. The molecular formula is C26H25Cl2N3O4. The fraction of sp³-hybridized carbons (Fsp3) is 0.269. The van der Waals surface area contributed by atoms with Crippen LogP contribution < -0.4 is 21.1 Å². The average molecular weight is 514 g/mol. The molecule has 1 unspecified atom stereocenters. The van der Waals surface area contributed by atoms with Gasteiger partial charge in [0, 0.05) is 11.6 Å². The Bertz CT molecular complexity index is 1250. The fourth-order valence-corrected chi connectivity index (χ4v) is 4.59. The minimum atomic E-state index is -0.985. The van der Waals surface area contributed by atoms with Crippen LogP contribution in [-0.4, -0.2) is 23.9 Å². The topological polar surface area (TPSA) is 106 Å². The quantitative estimate of drug-likeness (QED) is 0.391. The summed E-state index contributed by atoms with van der Waals surface area (Å²) in [5.41, 5.74) is 10.6. The number of hydrogen-bond donors (Lipinski definition) is 4. The van der Waals surface area contributed by atoms with Gasteiger partial charge < -0.3 is 30.9 Å². The first-order valence-electron chi connectivity index (χ1n) is 11.4. The molecule has 1 aliphatic carbocycles. The van der Waals surface area contributed by atoms with Gasteiger partial charge in [-0.3, -0.25) is 0 Å². The molecule has 0 saturated heterocycles. The average Bonchev–Trinajstić information content (AvgIpc) is 3.69. The molecule has 0 radical (unpaired) electrons. The molecule has 1 fully saturated rings. The van der Waals surface area contributed by atoms with Crippen molar-refractivity contribution in [1.29, 1.82) is 0 Å². The van der Waals surface area contributed by atoms with E-state index in [2.05, 4.69) is 10.6 Å². The summed E-state index contributed by atoms with van der Waals surface area (Å²) in [7, 11) is 0. The Morgan fingerprint density at radius 1 is 1.20 bits per heavy atom.